The van der Waals surface area contributed by atoms with Gasteiger partial charge >= 0.3 is 0 Å². The van der Waals surface area contributed by atoms with Crippen molar-refractivity contribution in [2.75, 3.05) is 19.6 Å². The van der Waals surface area contributed by atoms with Crippen molar-refractivity contribution in [3.63, 3.8) is 0 Å². The molecule has 1 saturated heterocycles. The lowest BCUT2D eigenvalue weighted by atomic mass is 9.66. The van der Waals surface area contributed by atoms with Crippen molar-refractivity contribution in [3.8, 4) is 0 Å². The summed E-state index contributed by atoms with van der Waals surface area (Å²) in [6.45, 7) is 7.72. The molecule has 126 valence electrons. The van der Waals surface area contributed by atoms with Crippen LogP contribution >= 0.6 is 0 Å². The number of likely N-dealkylation sites (tertiary alicyclic amines) is 1. The molecule has 1 N–H and O–H groups in total. The number of allylic oxidation sites excluding steroid dienone is 1. The second kappa shape index (κ2) is 7.19. The van der Waals surface area contributed by atoms with Gasteiger partial charge < -0.3 is 10.0 Å². The van der Waals surface area contributed by atoms with Crippen LogP contribution in [-0.4, -0.2) is 29.6 Å². The Hall–Kier alpha value is -1.12. The molecule has 0 spiro atoms. The van der Waals surface area contributed by atoms with Gasteiger partial charge in [-0.25, -0.2) is 0 Å². The lowest BCUT2D eigenvalue weighted by Crippen LogP contribution is -2.47. The largest absolute Gasteiger partial charge is 0.384 e. The van der Waals surface area contributed by atoms with Crippen LogP contribution in [0.3, 0.4) is 0 Å². The molecule has 0 saturated carbocycles. The molecule has 2 unspecified atom stereocenters. The van der Waals surface area contributed by atoms with Gasteiger partial charge in [0.2, 0.25) is 0 Å². The van der Waals surface area contributed by atoms with Gasteiger partial charge in [-0.1, -0.05) is 48.9 Å². The zero-order valence-electron chi connectivity index (χ0n) is 14.7. The first kappa shape index (κ1) is 16.7. The van der Waals surface area contributed by atoms with E-state index < -0.39 is 5.60 Å². The maximum absolute atomic E-state index is 11.9. The average Bonchev–Trinajstić information content (AvgIpc) is 2.62. The maximum Gasteiger partial charge on any atom is 0.0987 e. The molecule has 0 radical (unpaired) electrons. The summed E-state index contributed by atoms with van der Waals surface area (Å²) in [6, 6.07) is 8.57. The van der Waals surface area contributed by atoms with E-state index in [4.69, 9.17) is 0 Å². The summed E-state index contributed by atoms with van der Waals surface area (Å²) in [4.78, 5) is 2.50. The monoisotopic (exact) mass is 313 g/mol. The Morgan fingerprint density at radius 2 is 2.00 bits per heavy atom. The molecule has 1 aromatic rings. The normalized spacial score (nSPS) is 26.1. The summed E-state index contributed by atoms with van der Waals surface area (Å²) in [6.07, 6.45) is 10.2. The third-order valence-corrected chi connectivity index (χ3v) is 5.96. The summed E-state index contributed by atoms with van der Waals surface area (Å²) in [7, 11) is 0. The highest BCUT2D eigenvalue weighted by Crippen LogP contribution is 2.45. The van der Waals surface area contributed by atoms with Crippen LogP contribution in [-0.2, 0) is 5.60 Å². The molecule has 3 rings (SSSR count). The van der Waals surface area contributed by atoms with Crippen LogP contribution in [0.25, 0.3) is 0 Å². The summed E-state index contributed by atoms with van der Waals surface area (Å²) in [5, 5.41) is 11.9. The third-order valence-electron chi connectivity index (χ3n) is 5.96. The van der Waals surface area contributed by atoms with Gasteiger partial charge in [-0.2, -0.15) is 0 Å². The topological polar surface area (TPSA) is 23.5 Å². The molecule has 1 aliphatic carbocycles. The molecular formula is C21H31NO. The highest BCUT2D eigenvalue weighted by atomic mass is 16.3. The van der Waals surface area contributed by atoms with Gasteiger partial charge in [0.05, 0.1) is 5.60 Å². The van der Waals surface area contributed by atoms with E-state index in [-0.39, 0.29) is 5.92 Å². The van der Waals surface area contributed by atoms with Gasteiger partial charge in [0.25, 0.3) is 0 Å². The smallest absolute Gasteiger partial charge is 0.0987 e. The van der Waals surface area contributed by atoms with Crippen molar-refractivity contribution in [3.05, 3.63) is 47.5 Å². The molecule has 2 heteroatoms. The molecular weight excluding hydrogens is 282 g/mol. The van der Waals surface area contributed by atoms with E-state index in [1.54, 1.807) is 0 Å². The van der Waals surface area contributed by atoms with Gasteiger partial charge in [-0.15, -0.1) is 0 Å². The Bertz CT molecular complexity index is 545. The number of benzene rings is 1. The summed E-state index contributed by atoms with van der Waals surface area (Å²) in [5.74, 6) is 0.621. The zero-order chi connectivity index (χ0) is 16.3. The number of piperidine rings is 1. The molecule has 2 nitrogen and oxygen atoms in total. The molecule has 0 amide bonds. The number of aliphatic hydroxyl groups is 1. The minimum atomic E-state index is -0.706. The average molecular weight is 313 g/mol. The van der Waals surface area contributed by atoms with Crippen molar-refractivity contribution in [1.82, 2.24) is 4.90 Å². The number of hydrogen-bond acceptors (Lipinski definition) is 2. The SMILES string of the molecule is CCN1CCC(C(O)(c2cccc(C)c2)C2C=CCCC2)CC1. The summed E-state index contributed by atoms with van der Waals surface area (Å²) >= 11 is 0. The van der Waals surface area contributed by atoms with Crippen LogP contribution in [0.1, 0.15) is 50.2 Å². The predicted octanol–water partition coefficient (Wildman–Crippen LogP) is 4.27. The zero-order valence-corrected chi connectivity index (χ0v) is 14.7. The fourth-order valence-corrected chi connectivity index (χ4v) is 4.52. The van der Waals surface area contributed by atoms with Gasteiger partial charge in [-0.3, -0.25) is 0 Å². The van der Waals surface area contributed by atoms with Crippen molar-refractivity contribution in [2.24, 2.45) is 11.8 Å². The first-order valence-electron chi connectivity index (χ1n) is 9.33. The molecule has 1 aliphatic heterocycles. The first-order valence-corrected chi connectivity index (χ1v) is 9.33. The molecule has 1 fully saturated rings. The van der Waals surface area contributed by atoms with Crippen LogP contribution in [0.4, 0.5) is 0 Å². The lowest BCUT2D eigenvalue weighted by molar-refractivity contribution is -0.0843. The quantitative estimate of drug-likeness (QED) is 0.839. The van der Waals surface area contributed by atoms with E-state index in [1.165, 1.54) is 12.0 Å². The van der Waals surface area contributed by atoms with Crippen molar-refractivity contribution in [2.45, 2.75) is 51.6 Å². The van der Waals surface area contributed by atoms with E-state index in [1.807, 2.05) is 0 Å². The van der Waals surface area contributed by atoms with E-state index in [0.29, 0.717) is 5.92 Å². The predicted molar refractivity (Wildman–Crippen MR) is 96.4 cm³/mol. The Morgan fingerprint density at radius 1 is 1.22 bits per heavy atom. The Kier molecular flexibility index (Phi) is 5.23. The van der Waals surface area contributed by atoms with Crippen LogP contribution in [0.15, 0.2) is 36.4 Å². The molecule has 23 heavy (non-hydrogen) atoms. The third kappa shape index (κ3) is 3.39. The molecule has 1 aromatic carbocycles. The number of rotatable bonds is 4. The summed E-state index contributed by atoms with van der Waals surface area (Å²) < 4.78 is 0. The second-order valence-corrected chi connectivity index (χ2v) is 7.37. The van der Waals surface area contributed by atoms with Crippen molar-refractivity contribution >= 4 is 0 Å². The molecule has 1 heterocycles. The fraction of sp³-hybridized carbons (Fsp3) is 0.619. The van der Waals surface area contributed by atoms with E-state index in [9.17, 15) is 5.11 Å². The minimum absolute atomic E-state index is 0.260. The first-order chi connectivity index (χ1) is 11.1. The highest BCUT2D eigenvalue weighted by molar-refractivity contribution is 5.31. The maximum atomic E-state index is 11.9. The Labute approximate surface area is 141 Å². The minimum Gasteiger partial charge on any atom is -0.384 e. The van der Waals surface area contributed by atoms with Crippen LogP contribution in [0.2, 0.25) is 0 Å². The second-order valence-electron chi connectivity index (χ2n) is 7.37. The van der Waals surface area contributed by atoms with Crippen molar-refractivity contribution < 1.29 is 5.11 Å². The van der Waals surface area contributed by atoms with E-state index in [2.05, 4.69) is 55.2 Å². The van der Waals surface area contributed by atoms with Gasteiger partial charge in [-0.05, 0) is 70.1 Å². The number of nitrogens with zero attached hydrogens (tertiary/aromatic N) is 1. The van der Waals surface area contributed by atoms with E-state index in [0.717, 1.165) is 50.9 Å². The molecule has 0 bridgehead atoms. The van der Waals surface area contributed by atoms with Gasteiger partial charge in [0.15, 0.2) is 0 Å². The van der Waals surface area contributed by atoms with Crippen LogP contribution < -0.4 is 0 Å². The Morgan fingerprint density at radius 3 is 2.61 bits per heavy atom. The van der Waals surface area contributed by atoms with Crippen LogP contribution in [0.5, 0.6) is 0 Å². The fourth-order valence-electron chi connectivity index (χ4n) is 4.52. The van der Waals surface area contributed by atoms with Crippen LogP contribution in [0, 0.1) is 18.8 Å². The number of aryl methyl sites for hydroxylation is 1. The standard InChI is InChI=1S/C21H31NO/c1-3-22-14-12-19(13-15-22)21(23,18-9-5-4-6-10-18)20-11-7-8-17(2)16-20/h5,7-9,11,16,18-19,23H,3-4,6,10,12-15H2,1-2H3. The van der Waals surface area contributed by atoms with Crippen molar-refractivity contribution in [1.29, 1.82) is 0 Å². The molecule has 2 aliphatic rings. The lowest BCUT2D eigenvalue weighted by Gasteiger charge is -2.46. The highest BCUT2D eigenvalue weighted by Gasteiger charge is 2.45. The van der Waals surface area contributed by atoms with Gasteiger partial charge in [0, 0.05) is 5.92 Å². The van der Waals surface area contributed by atoms with E-state index >= 15 is 0 Å². The van der Waals surface area contributed by atoms with Gasteiger partial charge in [0.1, 0.15) is 0 Å². The molecule has 2 atom stereocenters. The molecule has 0 aromatic heterocycles. The Balaban J connectivity index is 1.93. The summed E-state index contributed by atoms with van der Waals surface area (Å²) in [5.41, 5.74) is 1.67. The number of hydrogen-bond donors (Lipinski definition) is 1.